The highest BCUT2D eigenvalue weighted by molar-refractivity contribution is 7.51. The highest BCUT2D eigenvalue weighted by atomic mass is 31.1. The molecule has 0 nitrogen and oxygen atoms in total. The van der Waals surface area contributed by atoms with E-state index in [0.717, 1.165) is 0 Å². The van der Waals surface area contributed by atoms with Crippen LogP contribution in [0, 0.1) is 0 Å². The van der Waals surface area contributed by atoms with Crippen LogP contribution < -0.4 is 5.30 Å². The van der Waals surface area contributed by atoms with E-state index in [-0.39, 0.29) is 0 Å². The predicted octanol–water partition coefficient (Wildman–Crippen LogP) is 6.72. The third kappa shape index (κ3) is 4.55. The van der Waals surface area contributed by atoms with Crippen LogP contribution >= 0.6 is 8.20 Å². The van der Waals surface area contributed by atoms with Crippen molar-refractivity contribution in [2.24, 2.45) is 0 Å². The van der Waals surface area contributed by atoms with E-state index in [1.165, 1.54) is 41.1 Å². The van der Waals surface area contributed by atoms with Gasteiger partial charge in [-0.1, -0.05) is 130 Å². The van der Waals surface area contributed by atoms with E-state index in [1.54, 1.807) is 0 Å². The second-order valence-corrected chi connectivity index (χ2v) is 7.68. The Morgan fingerprint density at radius 3 is 1.54 bits per heavy atom. The van der Waals surface area contributed by atoms with Crippen LogP contribution in [0.2, 0.25) is 0 Å². The van der Waals surface area contributed by atoms with Crippen LogP contribution in [0.25, 0.3) is 11.6 Å². The zero-order chi connectivity index (χ0) is 19.0. The van der Waals surface area contributed by atoms with Gasteiger partial charge in [0.1, 0.15) is 0 Å². The van der Waals surface area contributed by atoms with Gasteiger partial charge in [-0.05, 0) is 28.3 Å². The Kier molecular flexibility index (Phi) is 5.92. The van der Waals surface area contributed by atoms with Crippen LogP contribution in [-0.4, -0.2) is 5.29 Å². The smallest absolute Gasteiger partial charge is 0.0175 e. The molecule has 134 valence electrons. The van der Waals surface area contributed by atoms with Gasteiger partial charge in [0.15, 0.2) is 0 Å². The number of allylic oxidation sites excluding steroid dienone is 1. The molecule has 0 saturated carbocycles. The van der Waals surface area contributed by atoms with Crippen LogP contribution in [0.15, 0.2) is 121 Å². The molecule has 0 aliphatic carbocycles. The van der Waals surface area contributed by atoms with Gasteiger partial charge in [-0.15, -0.1) is 0 Å². The number of hydrogen-bond acceptors (Lipinski definition) is 0. The molecule has 4 aromatic carbocycles. The van der Waals surface area contributed by atoms with Gasteiger partial charge in [-0.25, -0.2) is 0 Å². The molecule has 0 bridgehead atoms. The second-order valence-electron chi connectivity index (χ2n) is 6.50. The topological polar surface area (TPSA) is 0 Å². The molecule has 28 heavy (non-hydrogen) atoms. The summed E-state index contributed by atoms with van der Waals surface area (Å²) in [4.78, 5) is 0. The summed E-state index contributed by atoms with van der Waals surface area (Å²) in [6, 6.07) is 42.6. The molecule has 0 radical (unpaired) electrons. The van der Waals surface area contributed by atoms with Gasteiger partial charge in [-0.3, -0.25) is 0 Å². The Balaban J connectivity index is 1.94. The lowest BCUT2D eigenvalue weighted by molar-refractivity contribution is 1.62. The van der Waals surface area contributed by atoms with Gasteiger partial charge in [0.2, 0.25) is 0 Å². The summed E-state index contributed by atoms with van der Waals surface area (Å²) in [6.45, 7) is 0. The molecule has 0 spiro atoms. The Labute approximate surface area is 168 Å². The van der Waals surface area contributed by atoms with Gasteiger partial charge >= 0.3 is 0 Å². The van der Waals surface area contributed by atoms with Crippen molar-refractivity contribution in [3.8, 4) is 0 Å². The Morgan fingerprint density at radius 1 is 0.500 bits per heavy atom. The maximum Gasteiger partial charge on any atom is 0.0175 e. The average molecular weight is 376 g/mol. The lowest BCUT2D eigenvalue weighted by Crippen LogP contribution is -2.05. The largest absolute Gasteiger partial charge is 0.0622 e. The summed E-state index contributed by atoms with van der Waals surface area (Å²) in [5, 5.41) is 2.60. The first-order valence-corrected chi connectivity index (χ1v) is 10.3. The summed E-state index contributed by atoms with van der Waals surface area (Å²) in [5.74, 6) is 0. The van der Waals surface area contributed by atoms with E-state index in [9.17, 15) is 0 Å². The standard InChI is InChI=1S/C27H21P/c1-5-13-22(14-6-1)21-26(23-15-7-2-8-16-23)27(24-17-9-3-10-18-24)28-25-19-11-4-12-20-25/h1-21H/b26-21+. The zero-order valence-corrected chi connectivity index (χ0v) is 16.5. The third-order valence-electron chi connectivity index (χ3n) is 4.49. The van der Waals surface area contributed by atoms with E-state index in [4.69, 9.17) is 0 Å². The molecule has 0 amide bonds. The van der Waals surface area contributed by atoms with E-state index in [1.807, 2.05) is 0 Å². The Morgan fingerprint density at radius 2 is 0.964 bits per heavy atom. The predicted molar refractivity (Wildman–Crippen MR) is 124 cm³/mol. The molecule has 1 heteroatoms. The normalized spacial score (nSPS) is 12.0. The summed E-state index contributed by atoms with van der Waals surface area (Å²) < 4.78 is 0. The SMILES string of the molecule is C(=C(\C(=Pc1ccccc1)c1ccccc1)c1ccccc1)/c1ccccc1. The van der Waals surface area contributed by atoms with E-state index in [0.29, 0.717) is 0 Å². The first-order valence-electron chi connectivity index (χ1n) is 9.42. The quantitative estimate of drug-likeness (QED) is 0.268. The lowest BCUT2D eigenvalue weighted by atomic mass is 9.96. The minimum Gasteiger partial charge on any atom is -0.0622 e. The van der Waals surface area contributed by atoms with Gasteiger partial charge in [0.05, 0.1) is 0 Å². The minimum atomic E-state index is 1.20. The minimum absolute atomic E-state index is 1.20. The maximum absolute atomic E-state index is 2.30. The fourth-order valence-electron chi connectivity index (χ4n) is 3.13. The first kappa shape index (κ1) is 18.2. The summed E-state index contributed by atoms with van der Waals surface area (Å²) in [5.41, 5.74) is 4.94. The molecule has 0 unspecified atom stereocenters. The van der Waals surface area contributed by atoms with Crippen molar-refractivity contribution >= 4 is 30.5 Å². The molecule has 0 N–H and O–H groups in total. The Bertz CT molecular complexity index is 973. The van der Waals surface area contributed by atoms with Crippen molar-refractivity contribution in [1.29, 1.82) is 0 Å². The van der Waals surface area contributed by atoms with Crippen LogP contribution in [0.1, 0.15) is 16.7 Å². The number of benzene rings is 4. The molecule has 4 aromatic rings. The molecule has 4 rings (SSSR count). The molecule has 0 aromatic heterocycles. The highest BCUT2D eigenvalue weighted by Crippen LogP contribution is 2.27. The monoisotopic (exact) mass is 376 g/mol. The summed E-state index contributed by atoms with van der Waals surface area (Å²) in [7, 11) is 1.20. The van der Waals surface area contributed by atoms with Gasteiger partial charge < -0.3 is 0 Å². The van der Waals surface area contributed by atoms with Crippen LogP contribution in [0.5, 0.6) is 0 Å². The first-order chi connectivity index (χ1) is 13.9. The van der Waals surface area contributed by atoms with Crippen LogP contribution in [-0.2, 0) is 0 Å². The summed E-state index contributed by atoms with van der Waals surface area (Å²) in [6.07, 6.45) is 2.30. The molecule has 0 saturated heterocycles. The van der Waals surface area contributed by atoms with Crippen molar-refractivity contribution < 1.29 is 0 Å². The van der Waals surface area contributed by atoms with E-state index >= 15 is 0 Å². The van der Waals surface area contributed by atoms with Crippen molar-refractivity contribution in [3.05, 3.63) is 138 Å². The molecule has 0 aliphatic heterocycles. The second kappa shape index (κ2) is 9.13. The maximum atomic E-state index is 2.30. The zero-order valence-electron chi connectivity index (χ0n) is 15.6. The van der Waals surface area contributed by atoms with Gasteiger partial charge in [0, 0.05) is 10.6 Å². The summed E-state index contributed by atoms with van der Waals surface area (Å²) >= 11 is 0. The molecule has 0 aliphatic rings. The fourth-order valence-corrected chi connectivity index (χ4v) is 4.30. The van der Waals surface area contributed by atoms with E-state index in [2.05, 4.69) is 127 Å². The lowest BCUT2D eigenvalue weighted by Gasteiger charge is -2.14. The molecule has 0 fully saturated rings. The van der Waals surface area contributed by atoms with Crippen molar-refractivity contribution in [2.75, 3.05) is 0 Å². The van der Waals surface area contributed by atoms with Crippen LogP contribution in [0.3, 0.4) is 0 Å². The van der Waals surface area contributed by atoms with Crippen molar-refractivity contribution in [1.82, 2.24) is 0 Å². The van der Waals surface area contributed by atoms with Gasteiger partial charge in [0.25, 0.3) is 0 Å². The highest BCUT2D eigenvalue weighted by Gasteiger charge is 2.12. The van der Waals surface area contributed by atoms with Gasteiger partial charge in [-0.2, -0.15) is 0 Å². The average Bonchev–Trinajstić information content (AvgIpc) is 2.79. The van der Waals surface area contributed by atoms with Crippen LogP contribution in [0.4, 0.5) is 0 Å². The number of rotatable bonds is 5. The molecule has 0 atom stereocenters. The molecular weight excluding hydrogens is 355 g/mol. The number of hydrogen-bond donors (Lipinski definition) is 0. The molecular formula is C27H21P. The fraction of sp³-hybridized carbons (Fsp3) is 0. The van der Waals surface area contributed by atoms with Crippen molar-refractivity contribution in [2.45, 2.75) is 0 Å². The van der Waals surface area contributed by atoms with Crippen molar-refractivity contribution in [3.63, 3.8) is 0 Å². The van der Waals surface area contributed by atoms with E-state index < -0.39 is 0 Å². The third-order valence-corrected chi connectivity index (χ3v) is 5.77. The molecule has 0 heterocycles. The Hall–Kier alpha value is -3.21.